The van der Waals surface area contributed by atoms with Gasteiger partial charge < -0.3 is 5.32 Å². The zero-order chi connectivity index (χ0) is 12.7. The molecule has 0 bridgehead atoms. The van der Waals surface area contributed by atoms with Crippen LogP contribution in [-0.4, -0.2) is 10.9 Å². The normalized spacial score (nSPS) is 10.3. The molecule has 0 saturated carbocycles. The van der Waals surface area contributed by atoms with Gasteiger partial charge in [-0.25, -0.2) is 4.98 Å². The van der Waals surface area contributed by atoms with Crippen molar-refractivity contribution >= 4 is 27.7 Å². The molecule has 4 heteroatoms. The van der Waals surface area contributed by atoms with E-state index in [9.17, 15) is 4.79 Å². The van der Waals surface area contributed by atoms with Crippen LogP contribution < -0.4 is 5.32 Å². The molecule has 0 aliphatic carbocycles. The average molecular weight is 299 g/mol. The summed E-state index contributed by atoms with van der Waals surface area (Å²) in [5, 5.41) is 2.82. The zero-order valence-corrected chi connectivity index (χ0v) is 12.0. The summed E-state index contributed by atoms with van der Waals surface area (Å²) in [6.45, 7) is 4.07. The summed E-state index contributed by atoms with van der Waals surface area (Å²) in [7, 11) is 0. The highest BCUT2D eigenvalue weighted by Crippen LogP contribution is 2.16. The number of anilines is 1. The molecule has 1 heterocycles. The van der Waals surface area contributed by atoms with Gasteiger partial charge in [-0.1, -0.05) is 26.2 Å². The second-order valence-electron chi connectivity index (χ2n) is 4.12. The summed E-state index contributed by atoms with van der Waals surface area (Å²) in [6.07, 6.45) is 5.04. The number of pyridine rings is 1. The maximum absolute atomic E-state index is 11.6. The molecule has 0 aliphatic heterocycles. The summed E-state index contributed by atoms with van der Waals surface area (Å²) < 4.78 is 0.957. The van der Waals surface area contributed by atoms with Gasteiger partial charge in [0.2, 0.25) is 5.91 Å². The lowest BCUT2D eigenvalue weighted by atomic mass is 10.1. The molecule has 0 unspecified atom stereocenters. The fraction of sp³-hybridized carbons (Fsp3) is 0.538. The summed E-state index contributed by atoms with van der Waals surface area (Å²) >= 11 is 3.38. The highest BCUT2D eigenvalue weighted by atomic mass is 79.9. The first-order valence-electron chi connectivity index (χ1n) is 6.06. The Morgan fingerprint density at radius 1 is 1.35 bits per heavy atom. The number of hydrogen-bond donors (Lipinski definition) is 1. The number of rotatable bonds is 6. The Balaban J connectivity index is 2.37. The maximum atomic E-state index is 11.6. The Bertz CT molecular complexity index is 380. The molecule has 0 aliphatic rings. The van der Waals surface area contributed by atoms with Crippen LogP contribution in [0.3, 0.4) is 0 Å². The van der Waals surface area contributed by atoms with Crippen LogP contribution in [0.5, 0.6) is 0 Å². The van der Waals surface area contributed by atoms with Crippen LogP contribution in [0.1, 0.15) is 44.7 Å². The number of amides is 1. The molecule has 0 spiro atoms. The Labute approximate surface area is 111 Å². The molecule has 0 fully saturated rings. The third-order valence-electron chi connectivity index (χ3n) is 2.55. The predicted molar refractivity (Wildman–Crippen MR) is 74.1 cm³/mol. The molecule has 1 aromatic rings. The van der Waals surface area contributed by atoms with Gasteiger partial charge in [-0.15, -0.1) is 0 Å². The van der Waals surface area contributed by atoms with Gasteiger partial charge in [0, 0.05) is 10.9 Å². The fourth-order valence-electron chi connectivity index (χ4n) is 1.53. The zero-order valence-electron chi connectivity index (χ0n) is 10.4. The second kappa shape index (κ2) is 7.43. The minimum absolute atomic E-state index is 0.0512. The number of aromatic nitrogens is 1. The van der Waals surface area contributed by atoms with Gasteiger partial charge in [-0.3, -0.25) is 4.79 Å². The van der Waals surface area contributed by atoms with Gasteiger partial charge in [0.15, 0.2) is 0 Å². The Morgan fingerprint density at radius 2 is 2.12 bits per heavy atom. The molecule has 1 amide bonds. The van der Waals surface area contributed by atoms with Crippen molar-refractivity contribution < 1.29 is 4.79 Å². The van der Waals surface area contributed by atoms with Gasteiger partial charge in [0.1, 0.15) is 5.82 Å². The number of halogens is 1. The number of nitrogens with one attached hydrogen (secondary N) is 1. The topological polar surface area (TPSA) is 42.0 Å². The van der Waals surface area contributed by atoms with Crippen molar-refractivity contribution in [2.75, 3.05) is 5.32 Å². The fourth-order valence-corrected chi connectivity index (χ4v) is 1.75. The Kier molecular flexibility index (Phi) is 6.19. The third kappa shape index (κ3) is 5.31. The lowest BCUT2D eigenvalue weighted by Gasteiger charge is -2.06. The van der Waals surface area contributed by atoms with E-state index in [0.29, 0.717) is 12.2 Å². The molecule has 0 atom stereocenters. The minimum atomic E-state index is 0.0512. The SMILES string of the molecule is CCCCCCC(=O)Nc1ccc(Br)c(C)n1. The van der Waals surface area contributed by atoms with Crippen LogP contribution in [0.4, 0.5) is 5.82 Å². The van der Waals surface area contributed by atoms with E-state index in [-0.39, 0.29) is 5.91 Å². The number of aryl methyl sites for hydroxylation is 1. The lowest BCUT2D eigenvalue weighted by molar-refractivity contribution is -0.116. The van der Waals surface area contributed by atoms with E-state index in [4.69, 9.17) is 0 Å². The summed E-state index contributed by atoms with van der Waals surface area (Å²) in [6, 6.07) is 3.70. The van der Waals surface area contributed by atoms with Crippen molar-refractivity contribution in [2.24, 2.45) is 0 Å². The first-order valence-corrected chi connectivity index (χ1v) is 6.85. The van der Waals surface area contributed by atoms with Gasteiger partial charge in [0.25, 0.3) is 0 Å². The van der Waals surface area contributed by atoms with Crippen LogP contribution in [0.2, 0.25) is 0 Å². The number of nitrogens with zero attached hydrogens (tertiary/aromatic N) is 1. The summed E-state index contributed by atoms with van der Waals surface area (Å²) in [5.74, 6) is 0.682. The number of hydrogen-bond acceptors (Lipinski definition) is 2. The first-order chi connectivity index (χ1) is 8.13. The molecular formula is C13H19BrN2O. The number of carbonyl (C=O) groups is 1. The molecule has 94 valence electrons. The van der Waals surface area contributed by atoms with Gasteiger partial charge in [-0.2, -0.15) is 0 Å². The van der Waals surface area contributed by atoms with Gasteiger partial charge in [-0.05, 0) is 41.4 Å². The van der Waals surface area contributed by atoms with Crippen LogP contribution in [0, 0.1) is 6.92 Å². The smallest absolute Gasteiger partial charge is 0.225 e. The van der Waals surface area contributed by atoms with Crippen molar-refractivity contribution in [3.05, 3.63) is 22.3 Å². The highest BCUT2D eigenvalue weighted by molar-refractivity contribution is 9.10. The molecule has 17 heavy (non-hydrogen) atoms. The molecule has 1 aromatic heterocycles. The van der Waals surface area contributed by atoms with Gasteiger partial charge >= 0.3 is 0 Å². The Morgan fingerprint density at radius 3 is 2.76 bits per heavy atom. The minimum Gasteiger partial charge on any atom is -0.311 e. The quantitative estimate of drug-likeness (QED) is 0.805. The monoisotopic (exact) mass is 298 g/mol. The van der Waals surface area contributed by atoms with E-state index in [1.54, 1.807) is 6.07 Å². The Hall–Kier alpha value is -0.900. The molecule has 1 N–H and O–H groups in total. The molecule has 0 radical (unpaired) electrons. The highest BCUT2D eigenvalue weighted by Gasteiger charge is 2.04. The standard InChI is InChI=1S/C13H19BrN2O/c1-3-4-5-6-7-13(17)16-12-9-8-11(14)10(2)15-12/h8-9H,3-7H2,1-2H3,(H,15,16,17). The maximum Gasteiger partial charge on any atom is 0.225 e. The van der Waals surface area contributed by atoms with Crippen molar-refractivity contribution in [1.29, 1.82) is 0 Å². The predicted octanol–water partition coefficient (Wildman–Crippen LogP) is 4.06. The second-order valence-corrected chi connectivity index (χ2v) is 4.98. The molecule has 0 saturated heterocycles. The number of carbonyl (C=O) groups excluding carboxylic acids is 1. The van der Waals surface area contributed by atoms with Crippen LogP contribution in [0.25, 0.3) is 0 Å². The van der Waals surface area contributed by atoms with Crippen molar-refractivity contribution in [2.45, 2.75) is 46.0 Å². The first kappa shape index (κ1) is 14.2. The van der Waals surface area contributed by atoms with E-state index >= 15 is 0 Å². The molecule has 3 nitrogen and oxygen atoms in total. The van der Waals surface area contributed by atoms with Crippen molar-refractivity contribution in [3.63, 3.8) is 0 Å². The van der Waals surface area contributed by atoms with Crippen LogP contribution >= 0.6 is 15.9 Å². The third-order valence-corrected chi connectivity index (χ3v) is 3.38. The van der Waals surface area contributed by atoms with E-state index in [2.05, 4.69) is 33.2 Å². The van der Waals surface area contributed by atoms with E-state index in [1.165, 1.54) is 12.8 Å². The molecule has 0 aromatic carbocycles. The summed E-state index contributed by atoms with van der Waals surface area (Å²) in [4.78, 5) is 15.9. The largest absolute Gasteiger partial charge is 0.311 e. The van der Waals surface area contributed by atoms with Crippen LogP contribution in [-0.2, 0) is 4.79 Å². The number of unbranched alkanes of at least 4 members (excludes halogenated alkanes) is 3. The van der Waals surface area contributed by atoms with Crippen molar-refractivity contribution in [1.82, 2.24) is 4.98 Å². The lowest BCUT2D eigenvalue weighted by Crippen LogP contribution is -2.12. The molecular weight excluding hydrogens is 280 g/mol. The van der Waals surface area contributed by atoms with Crippen LogP contribution in [0.15, 0.2) is 16.6 Å². The summed E-state index contributed by atoms with van der Waals surface area (Å²) in [5.41, 5.74) is 0.883. The van der Waals surface area contributed by atoms with Crippen molar-refractivity contribution in [3.8, 4) is 0 Å². The van der Waals surface area contributed by atoms with E-state index in [1.807, 2.05) is 13.0 Å². The molecule has 1 rings (SSSR count). The van der Waals surface area contributed by atoms with E-state index < -0.39 is 0 Å². The average Bonchev–Trinajstić information content (AvgIpc) is 2.30. The van der Waals surface area contributed by atoms with Gasteiger partial charge in [0.05, 0.1) is 5.69 Å². The van der Waals surface area contributed by atoms with E-state index in [0.717, 1.165) is 23.0 Å².